The van der Waals surface area contributed by atoms with Crippen LogP contribution in [0.4, 0.5) is 0 Å². The summed E-state index contributed by atoms with van der Waals surface area (Å²) in [6.45, 7) is 4.49. The van der Waals surface area contributed by atoms with Gasteiger partial charge in [-0.3, -0.25) is 0 Å². The highest BCUT2D eigenvalue weighted by Crippen LogP contribution is 2.50. The largest absolute Gasteiger partial charge is 0.456 e. The van der Waals surface area contributed by atoms with Gasteiger partial charge in [0.25, 0.3) is 0 Å². The van der Waals surface area contributed by atoms with Gasteiger partial charge >= 0.3 is 0 Å². The summed E-state index contributed by atoms with van der Waals surface area (Å²) in [4.78, 5) is 0. The summed E-state index contributed by atoms with van der Waals surface area (Å²) < 4.78 is 79.4. The van der Waals surface area contributed by atoms with Crippen LogP contribution in [0.2, 0.25) is 0 Å². The summed E-state index contributed by atoms with van der Waals surface area (Å²) in [5, 5.41) is 4.40. The molecule has 0 unspecified atom stereocenters. The summed E-state index contributed by atoms with van der Waals surface area (Å²) >= 11 is 0. The monoisotopic (exact) mass is 670 g/mol. The van der Waals surface area contributed by atoms with Crippen molar-refractivity contribution in [2.24, 2.45) is 0 Å². The van der Waals surface area contributed by atoms with Crippen LogP contribution >= 0.6 is 0 Å². The van der Waals surface area contributed by atoms with Gasteiger partial charge in [0, 0.05) is 16.2 Å². The highest BCUT2D eigenvalue weighted by atomic mass is 16.3. The summed E-state index contributed by atoms with van der Waals surface area (Å²) in [6, 6.07) is 37.4. The predicted octanol–water partition coefficient (Wildman–Crippen LogP) is 14.4. The molecular formula is C51H34O. The Morgan fingerprint density at radius 2 is 0.962 bits per heavy atom. The van der Waals surface area contributed by atoms with Crippen molar-refractivity contribution < 1.29 is 15.4 Å². The van der Waals surface area contributed by atoms with Crippen LogP contribution in [0.25, 0.3) is 98.8 Å². The van der Waals surface area contributed by atoms with E-state index in [-0.39, 0.29) is 51.1 Å². The molecule has 10 aromatic rings. The molecule has 1 aliphatic rings. The van der Waals surface area contributed by atoms with Gasteiger partial charge in [0.15, 0.2) is 0 Å². The van der Waals surface area contributed by atoms with E-state index >= 15 is 0 Å². The lowest BCUT2D eigenvalue weighted by molar-refractivity contribution is 0.660. The molecule has 244 valence electrons. The molecule has 0 N–H and O–H groups in total. The lowest BCUT2D eigenvalue weighted by atomic mass is 9.82. The number of fused-ring (bicyclic) bond motifs is 9. The van der Waals surface area contributed by atoms with E-state index in [0.29, 0.717) is 33.4 Å². The van der Waals surface area contributed by atoms with Gasteiger partial charge < -0.3 is 4.42 Å². The summed E-state index contributed by atoms with van der Waals surface area (Å²) in [6.07, 6.45) is 0. The zero-order valence-electron chi connectivity index (χ0n) is 36.5. The van der Waals surface area contributed by atoms with Gasteiger partial charge in [-0.15, -0.1) is 0 Å². The summed E-state index contributed by atoms with van der Waals surface area (Å²) in [5.74, 6) is 0. The molecule has 1 aliphatic carbocycles. The van der Waals surface area contributed by atoms with Crippen LogP contribution in [0, 0.1) is 0 Å². The third-order valence-electron chi connectivity index (χ3n) is 11.1. The van der Waals surface area contributed by atoms with Crippen LogP contribution in [-0.2, 0) is 5.41 Å². The standard InChI is InChI=1S/C51H34O/c1-51(2)45-18-10-9-13-37(45)42-27-35(23-25-46(42)51)31-19-21-32(22-20-31)49-38-14-5-7-16-40(38)50(41-17-8-6-15-39(41)49)36-24-26-47-43(29-36)44-28-33-11-3-4-12-34(33)30-48(44)52-47/h3-30H,1-2H3/i5D,6D,7D,8D,14D,15D,16D,17D. The van der Waals surface area contributed by atoms with E-state index < -0.39 is 24.2 Å². The highest BCUT2D eigenvalue weighted by Gasteiger charge is 2.35. The molecule has 0 saturated carbocycles. The first-order valence-corrected chi connectivity index (χ1v) is 17.5. The molecule has 0 amide bonds. The average Bonchev–Trinajstić information content (AvgIpc) is 3.74. The molecule has 0 saturated heterocycles. The molecule has 0 bridgehead atoms. The van der Waals surface area contributed by atoms with Gasteiger partial charge in [-0.05, 0) is 118 Å². The van der Waals surface area contributed by atoms with E-state index in [4.69, 9.17) is 9.90 Å². The second-order valence-corrected chi connectivity index (χ2v) is 14.3. The maximum absolute atomic E-state index is 9.41. The zero-order chi connectivity index (χ0) is 41.5. The molecule has 0 aliphatic heterocycles. The van der Waals surface area contributed by atoms with Gasteiger partial charge in [0.2, 0.25) is 0 Å². The van der Waals surface area contributed by atoms with Crippen molar-refractivity contribution in [2.75, 3.05) is 0 Å². The van der Waals surface area contributed by atoms with Crippen LogP contribution in [0.1, 0.15) is 35.9 Å². The number of hydrogen-bond acceptors (Lipinski definition) is 1. The maximum atomic E-state index is 9.41. The molecule has 1 heteroatoms. The summed E-state index contributed by atoms with van der Waals surface area (Å²) in [7, 11) is 0. The molecule has 9 aromatic carbocycles. The SMILES string of the molecule is [2H]c1c([2H])c([2H])c2c(-c3ccc4oc5cc6ccccc6cc5c4c3)c3c([2H])c([2H])c([2H])c([2H])c3c(-c3ccc(-c4ccc5c(c4)-c4ccccc4C5(C)C)cc3)c2c1[2H]. The maximum Gasteiger partial charge on any atom is 0.136 e. The van der Waals surface area contributed by atoms with Crippen molar-refractivity contribution in [2.45, 2.75) is 19.3 Å². The van der Waals surface area contributed by atoms with E-state index in [9.17, 15) is 5.48 Å². The highest BCUT2D eigenvalue weighted by molar-refractivity contribution is 6.22. The van der Waals surface area contributed by atoms with Gasteiger partial charge in [0.1, 0.15) is 11.2 Å². The van der Waals surface area contributed by atoms with E-state index in [0.717, 1.165) is 32.7 Å². The minimum absolute atomic E-state index is 0.129. The van der Waals surface area contributed by atoms with Crippen molar-refractivity contribution in [3.63, 3.8) is 0 Å². The number of rotatable bonds is 3. The predicted molar refractivity (Wildman–Crippen MR) is 220 cm³/mol. The molecule has 0 spiro atoms. The van der Waals surface area contributed by atoms with Crippen LogP contribution in [0.5, 0.6) is 0 Å². The topological polar surface area (TPSA) is 13.1 Å². The average molecular weight is 671 g/mol. The van der Waals surface area contributed by atoms with Crippen molar-refractivity contribution in [1.82, 2.24) is 0 Å². The fourth-order valence-corrected chi connectivity index (χ4v) is 8.55. The Kier molecular flexibility index (Phi) is 4.64. The van der Waals surface area contributed by atoms with E-state index in [1.807, 2.05) is 66.7 Å². The second kappa shape index (κ2) is 10.8. The first-order chi connectivity index (χ1) is 28.8. The van der Waals surface area contributed by atoms with E-state index in [1.54, 1.807) is 6.07 Å². The first-order valence-electron chi connectivity index (χ1n) is 21.5. The Morgan fingerprint density at radius 1 is 0.423 bits per heavy atom. The fraction of sp³-hybridized carbons (Fsp3) is 0.0588. The first kappa shape index (κ1) is 22.4. The lowest BCUT2D eigenvalue weighted by Crippen LogP contribution is -2.14. The zero-order valence-corrected chi connectivity index (χ0v) is 28.5. The van der Waals surface area contributed by atoms with Gasteiger partial charge in [-0.2, -0.15) is 0 Å². The summed E-state index contributed by atoms with van der Waals surface area (Å²) in [5.41, 5.74) is 9.79. The molecule has 0 radical (unpaired) electrons. The van der Waals surface area contributed by atoms with Crippen LogP contribution in [0.3, 0.4) is 0 Å². The molecule has 0 atom stereocenters. The molecular weight excluding hydrogens is 629 g/mol. The van der Waals surface area contributed by atoms with Crippen molar-refractivity contribution in [3.8, 4) is 44.5 Å². The van der Waals surface area contributed by atoms with Crippen molar-refractivity contribution in [1.29, 1.82) is 0 Å². The fourth-order valence-electron chi connectivity index (χ4n) is 8.55. The Hall–Kier alpha value is -6.44. The van der Waals surface area contributed by atoms with Crippen LogP contribution < -0.4 is 0 Å². The van der Waals surface area contributed by atoms with Crippen LogP contribution in [0.15, 0.2) is 174 Å². The molecule has 1 aromatic heterocycles. The lowest BCUT2D eigenvalue weighted by Gasteiger charge is -2.21. The smallest absolute Gasteiger partial charge is 0.136 e. The quantitative estimate of drug-likeness (QED) is 0.171. The normalized spacial score (nSPS) is 15.5. The van der Waals surface area contributed by atoms with Crippen molar-refractivity contribution in [3.05, 3.63) is 181 Å². The molecule has 52 heavy (non-hydrogen) atoms. The Bertz CT molecular complexity index is 3470. The molecule has 11 rings (SSSR count). The second-order valence-electron chi connectivity index (χ2n) is 14.3. The Balaban J connectivity index is 1.19. The molecule has 1 nitrogen and oxygen atoms in total. The minimum Gasteiger partial charge on any atom is -0.456 e. The van der Waals surface area contributed by atoms with Crippen molar-refractivity contribution >= 4 is 54.3 Å². The van der Waals surface area contributed by atoms with E-state index in [1.165, 1.54) is 22.3 Å². The Morgan fingerprint density at radius 3 is 1.67 bits per heavy atom. The molecule has 1 heterocycles. The van der Waals surface area contributed by atoms with E-state index in [2.05, 4.69) is 62.4 Å². The third kappa shape index (κ3) is 4.17. The minimum atomic E-state index is -0.432. The third-order valence-corrected chi connectivity index (χ3v) is 11.1. The number of furan rings is 1. The molecule has 0 fully saturated rings. The number of benzene rings is 9. The van der Waals surface area contributed by atoms with Gasteiger partial charge in [-0.25, -0.2) is 0 Å². The van der Waals surface area contributed by atoms with Crippen LogP contribution in [-0.4, -0.2) is 0 Å². The van der Waals surface area contributed by atoms with Gasteiger partial charge in [0.05, 0.1) is 11.0 Å². The number of hydrogen-bond donors (Lipinski definition) is 0. The Labute approximate surface area is 313 Å². The van der Waals surface area contributed by atoms with Gasteiger partial charge in [-0.1, -0.05) is 153 Å².